The van der Waals surface area contributed by atoms with Gasteiger partial charge in [-0.05, 0) is 43.2 Å². The first-order chi connectivity index (χ1) is 10.1. The van der Waals surface area contributed by atoms with Crippen LogP contribution in [0.2, 0.25) is 0 Å². The average Bonchev–Trinajstić information content (AvgIpc) is 2.86. The van der Waals surface area contributed by atoms with Gasteiger partial charge in [0.25, 0.3) is 0 Å². The highest BCUT2D eigenvalue weighted by molar-refractivity contribution is 7.99. The fourth-order valence-electron chi connectivity index (χ4n) is 2.72. The maximum atomic E-state index is 12.1. The molecule has 21 heavy (non-hydrogen) atoms. The molecule has 0 heterocycles. The van der Waals surface area contributed by atoms with Crippen LogP contribution in [0.4, 0.5) is 10.5 Å². The first kappa shape index (κ1) is 16.2. The summed E-state index contributed by atoms with van der Waals surface area (Å²) in [5.74, 6) is 1.08. The molecule has 0 bridgehead atoms. The summed E-state index contributed by atoms with van der Waals surface area (Å²) in [6.07, 6.45) is 2.88. The van der Waals surface area contributed by atoms with Crippen LogP contribution in [0.25, 0.3) is 0 Å². The molecule has 3 N–H and O–H groups in total. The van der Waals surface area contributed by atoms with Gasteiger partial charge in [0.1, 0.15) is 0 Å². The van der Waals surface area contributed by atoms with Crippen molar-refractivity contribution in [2.45, 2.75) is 50.5 Å². The Morgan fingerprint density at radius 2 is 2.29 bits per heavy atom. The number of thioether (sulfide) groups is 1. The molecule has 1 aromatic rings. The zero-order chi connectivity index (χ0) is 15.2. The maximum absolute atomic E-state index is 12.1. The Bertz CT molecular complexity index is 479. The Kier molecular flexibility index (Phi) is 5.94. The zero-order valence-electron chi connectivity index (χ0n) is 12.6. The van der Waals surface area contributed by atoms with Crippen molar-refractivity contribution in [3.8, 4) is 0 Å². The SMILES string of the molecule is CCSC1CCCC1NC(=O)Nc1cccc(C(C)O)c1. The summed E-state index contributed by atoms with van der Waals surface area (Å²) < 4.78 is 0. The highest BCUT2D eigenvalue weighted by atomic mass is 32.2. The number of amides is 2. The van der Waals surface area contributed by atoms with Crippen LogP contribution in [0.5, 0.6) is 0 Å². The molecule has 1 aliphatic rings. The minimum atomic E-state index is -0.532. The lowest BCUT2D eigenvalue weighted by Gasteiger charge is -2.20. The second kappa shape index (κ2) is 7.71. The fraction of sp³-hybridized carbons (Fsp3) is 0.562. The highest BCUT2D eigenvalue weighted by Crippen LogP contribution is 2.29. The summed E-state index contributed by atoms with van der Waals surface area (Å²) in [5.41, 5.74) is 1.51. The minimum absolute atomic E-state index is 0.161. The quantitative estimate of drug-likeness (QED) is 0.780. The zero-order valence-corrected chi connectivity index (χ0v) is 13.5. The molecule has 4 nitrogen and oxygen atoms in total. The summed E-state index contributed by atoms with van der Waals surface area (Å²) in [4.78, 5) is 12.1. The van der Waals surface area contributed by atoms with E-state index in [0.29, 0.717) is 10.9 Å². The molecular weight excluding hydrogens is 284 g/mol. The van der Waals surface area contributed by atoms with E-state index in [4.69, 9.17) is 0 Å². The number of aliphatic hydroxyl groups is 1. The first-order valence-corrected chi connectivity index (χ1v) is 8.62. The number of carbonyl (C=O) groups is 1. The summed E-state index contributed by atoms with van der Waals surface area (Å²) in [6.45, 7) is 3.87. The van der Waals surface area contributed by atoms with Gasteiger partial charge < -0.3 is 15.7 Å². The molecule has 3 atom stereocenters. The number of anilines is 1. The molecule has 0 spiro atoms. The van der Waals surface area contributed by atoms with Gasteiger partial charge in [0.05, 0.1) is 6.10 Å². The molecule has 3 unspecified atom stereocenters. The molecule has 0 aliphatic heterocycles. The number of hydrogen-bond acceptors (Lipinski definition) is 3. The van der Waals surface area contributed by atoms with Crippen LogP contribution < -0.4 is 10.6 Å². The van der Waals surface area contributed by atoms with Crippen molar-refractivity contribution in [2.75, 3.05) is 11.1 Å². The lowest BCUT2D eigenvalue weighted by Crippen LogP contribution is -2.41. The van der Waals surface area contributed by atoms with E-state index in [-0.39, 0.29) is 12.1 Å². The van der Waals surface area contributed by atoms with Crippen LogP contribution in [0.3, 0.4) is 0 Å². The number of hydrogen-bond donors (Lipinski definition) is 3. The standard InChI is InChI=1S/C16H24N2O2S/c1-3-21-15-9-5-8-14(15)18-16(20)17-13-7-4-6-12(10-13)11(2)19/h4,6-7,10-11,14-15,19H,3,5,8-9H2,1-2H3,(H2,17,18,20). The number of benzene rings is 1. The Morgan fingerprint density at radius 1 is 1.48 bits per heavy atom. The molecule has 0 aromatic heterocycles. The third-order valence-electron chi connectivity index (χ3n) is 3.78. The Hall–Kier alpha value is -1.20. The molecule has 5 heteroatoms. The summed E-state index contributed by atoms with van der Waals surface area (Å²) in [6, 6.07) is 7.42. The molecule has 0 radical (unpaired) electrons. The van der Waals surface area contributed by atoms with E-state index >= 15 is 0 Å². The second-order valence-electron chi connectivity index (χ2n) is 5.43. The average molecular weight is 308 g/mol. The van der Waals surface area contributed by atoms with Gasteiger partial charge in [0, 0.05) is 17.0 Å². The summed E-state index contributed by atoms with van der Waals surface area (Å²) in [7, 11) is 0. The van der Waals surface area contributed by atoms with Crippen molar-refractivity contribution in [1.29, 1.82) is 0 Å². The van der Waals surface area contributed by atoms with Gasteiger partial charge in [-0.1, -0.05) is 25.5 Å². The predicted octanol–water partition coefficient (Wildman–Crippen LogP) is 3.54. The maximum Gasteiger partial charge on any atom is 0.319 e. The second-order valence-corrected chi connectivity index (χ2v) is 6.95. The van der Waals surface area contributed by atoms with Gasteiger partial charge in [0.15, 0.2) is 0 Å². The van der Waals surface area contributed by atoms with E-state index in [1.165, 1.54) is 12.8 Å². The van der Waals surface area contributed by atoms with Crippen LogP contribution in [0.15, 0.2) is 24.3 Å². The van der Waals surface area contributed by atoms with E-state index < -0.39 is 6.10 Å². The summed E-state index contributed by atoms with van der Waals surface area (Å²) in [5, 5.41) is 16.0. The van der Waals surface area contributed by atoms with Crippen molar-refractivity contribution in [1.82, 2.24) is 5.32 Å². The van der Waals surface area contributed by atoms with Crippen LogP contribution in [-0.2, 0) is 0 Å². The number of aliphatic hydroxyl groups excluding tert-OH is 1. The number of rotatable bonds is 5. The Morgan fingerprint density at radius 3 is 3.00 bits per heavy atom. The predicted molar refractivity (Wildman–Crippen MR) is 88.8 cm³/mol. The third kappa shape index (κ3) is 4.64. The van der Waals surface area contributed by atoms with Crippen LogP contribution in [0, 0.1) is 0 Å². The van der Waals surface area contributed by atoms with Gasteiger partial charge in [-0.2, -0.15) is 11.8 Å². The van der Waals surface area contributed by atoms with Gasteiger partial charge in [-0.25, -0.2) is 4.79 Å². The van der Waals surface area contributed by atoms with Crippen molar-refractivity contribution in [3.63, 3.8) is 0 Å². The highest BCUT2D eigenvalue weighted by Gasteiger charge is 2.28. The van der Waals surface area contributed by atoms with Gasteiger partial charge >= 0.3 is 6.03 Å². The molecule has 1 saturated carbocycles. The lowest BCUT2D eigenvalue weighted by atomic mass is 10.1. The molecule has 116 valence electrons. The van der Waals surface area contributed by atoms with E-state index in [0.717, 1.165) is 17.7 Å². The largest absolute Gasteiger partial charge is 0.389 e. The molecule has 0 saturated heterocycles. The molecule has 1 fully saturated rings. The number of nitrogens with one attached hydrogen (secondary N) is 2. The van der Waals surface area contributed by atoms with Gasteiger partial charge in [-0.15, -0.1) is 0 Å². The van der Waals surface area contributed by atoms with Crippen LogP contribution in [-0.4, -0.2) is 28.2 Å². The monoisotopic (exact) mass is 308 g/mol. The normalized spacial score (nSPS) is 22.8. The number of urea groups is 1. The van der Waals surface area contributed by atoms with Crippen LogP contribution in [0.1, 0.15) is 44.8 Å². The Balaban J connectivity index is 1.91. The molecule has 1 aromatic carbocycles. The fourth-order valence-corrected chi connectivity index (χ4v) is 3.91. The van der Waals surface area contributed by atoms with Crippen LogP contribution >= 0.6 is 11.8 Å². The van der Waals surface area contributed by atoms with Crippen molar-refractivity contribution < 1.29 is 9.90 Å². The van der Waals surface area contributed by atoms with E-state index in [2.05, 4.69) is 17.6 Å². The van der Waals surface area contributed by atoms with Crippen molar-refractivity contribution in [3.05, 3.63) is 29.8 Å². The minimum Gasteiger partial charge on any atom is -0.389 e. The van der Waals surface area contributed by atoms with E-state index in [1.54, 1.807) is 13.0 Å². The van der Waals surface area contributed by atoms with Crippen molar-refractivity contribution >= 4 is 23.5 Å². The summed E-state index contributed by atoms with van der Waals surface area (Å²) >= 11 is 1.93. The van der Waals surface area contributed by atoms with Gasteiger partial charge in [-0.3, -0.25) is 0 Å². The molecule has 2 rings (SSSR count). The molecule has 1 aliphatic carbocycles. The first-order valence-electron chi connectivity index (χ1n) is 7.57. The smallest absolute Gasteiger partial charge is 0.319 e. The number of carbonyl (C=O) groups excluding carboxylic acids is 1. The lowest BCUT2D eigenvalue weighted by molar-refractivity contribution is 0.199. The molecule has 2 amide bonds. The molecular formula is C16H24N2O2S. The van der Waals surface area contributed by atoms with Crippen molar-refractivity contribution in [2.24, 2.45) is 0 Å². The van der Waals surface area contributed by atoms with Gasteiger partial charge in [0.2, 0.25) is 0 Å². The van der Waals surface area contributed by atoms with E-state index in [1.807, 2.05) is 30.0 Å². The van der Waals surface area contributed by atoms with E-state index in [9.17, 15) is 9.90 Å². The topological polar surface area (TPSA) is 61.4 Å². The third-order valence-corrected chi connectivity index (χ3v) is 5.10. The Labute approximate surface area is 130 Å².